The van der Waals surface area contributed by atoms with E-state index in [9.17, 15) is 14.4 Å². The highest BCUT2D eigenvalue weighted by Gasteiger charge is 2.35. The summed E-state index contributed by atoms with van der Waals surface area (Å²) in [5.41, 5.74) is 6.08. The minimum atomic E-state index is -0.946. The molecule has 0 spiro atoms. The molecule has 1 atom stereocenters. The number of rotatable bonds is 3. The molecular formula is C12H12N2O4. The first-order chi connectivity index (χ1) is 8.49. The minimum Gasteiger partial charge on any atom is -0.434 e. The summed E-state index contributed by atoms with van der Waals surface area (Å²) in [7, 11) is 0. The first-order valence-electron chi connectivity index (χ1n) is 5.37. The highest BCUT2D eigenvalue weighted by molar-refractivity contribution is 5.98. The Morgan fingerprint density at radius 1 is 1.44 bits per heavy atom. The van der Waals surface area contributed by atoms with Crippen molar-refractivity contribution in [1.29, 1.82) is 0 Å². The zero-order chi connectivity index (χ0) is 13.3. The number of nitrogens with two attached hydrogens (primary N) is 1. The fourth-order valence-corrected chi connectivity index (χ4v) is 1.71. The van der Waals surface area contributed by atoms with Gasteiger partial charge in [0.1, 0.15) is 0 Å². The molecule has 1 aromatic rings. The molecule has 0 saturated carbocycles. The highest BCUT2D eigenvalue weighted by atomic mass is 16.6. The average Bonchev–Trinajstić information content (AvgIpc) is 2.72. The predicted molar refractivity (Wildman–Crippen MR) is 63.3 cm³/mol. The normalized spacial score (nSPS) is 18.6. The first-order valence-corrected chi connectivity index (χ1v) is 5.37. The van der Waals surface area contributed by atoms with Gasteiger partial charge in [-0.05, 0) is 19.1 Å². The Kier molecular flexibility index (Phi) is 3.01. The second-order valence-corrected chi connectivity index (χ2v) is 3.99. The number of anilines is 1. The van der Waals surface area contributed by atoms with E-state index >= 15 is 0 Å². The van der Waals surface area contributed by atoms with Gasteiger partial charge in [0.05, 0.1) is 6.54 Å². The summed E-state index contributed by atoms with van der Waals surface area (Å²) < 4.78 is 4.82. The number of hydrogen-bond donors (Lipinski definition) is 1. The molecule has 2 rings (SSSR count). The standard InChI is InChI=1S/C12H12N2O4/c1-7(15)8-3-2-4-9(5-8)14-6-10(11(13)16)18-12(14)17/h2-5,10H,6H2,1H3,(H2,13,16). The molecule has 0 bridgehead atoms. The molecule has 1 unspecified atom stereocenters. The molecule has 1 aliphatic rings. The quantitative estimate of drug-likeness (QED) is 0.797. The number of carbonyl (C=O) groups is 3. The third kappa shape index (κ3) is 2.17. The Hall–Kier alpha value is -2.37. The van der Waals surface area contributed by atoms with Crippen LogP contribution in [0.3, 0.4) is 0 Å². The van der Waals surface area contributed by atoms with Crippen molar-refractivity contribution < 1.29 is 19.1 Å². The third-order valence-electron chi connectivity index (χ3n) is 2.69. The van der Waals surface area contributed by atoms with Gasteiger partial charge in [0.25, 0.3) is 5.91 Å². The van der Waals surface area contributed by atoms with Gasteiger partial charge in [0.15, 0.2) is 11.9 Å². The van der Waals surface area contributed by atoms with Crippen molar-refractivity contribution in [3.05, 3.63) is 29.8 Å². The minimum absolute atomic E-state index is 0.0650. The van der Waals surface area contributed by atoms with Crippen LogP contribution in [0.5, 0.6) is 0 Å². The van der Waals surface area contributed by atoms with Crippen molar-refractivity contribution in [2.45, 2.75) is 13.0 Å². The van der Waals surface area contributed by atoms with Crippen LogP contribution in [0.15, 0.2) is 24.3 Å². The SMILES string of the molecule is CC(=O)c1cccc(N2CC(C(N)=O)OC2=O)c1. The van der Waals surface area contributed by atoms with E-state index < -0.39 is 18.1 Å². The second-order valence-electron chi connectivity index (χ2n) is 3.99. The van der Waals surface area contributed by atoms with Crippen LogP contribution in [-0.2, 0) is 9.53 Å². The molecule has 1 aliphatic heterocycles. The number of ketones is 1. The number of ether oxygens (including phenoxy) is 1. The van der Waals surface area contributed by atoms with Crippen LogP contribution in [0.1, 0.15) is 17.3 Å². The number of primary amides is 1. The molecular weight excluding hydrogens is 236 g/mol. The molecule has 1 saturated heterocycles. The molecule has 0 aliphatic carbocycles. The third-order valence-corrected chi connectivity index (χ3v) is 2.69. The van der Waals surface area contributed by atoms with Crippen LogP contribution in [-0.4, -0.2) is 30.4 Å². The van der Waals surface area contributed by atoms with E-state index in [1.54, 1.807) is 24.3 Å². The van der Waals surface area contributed by atoms with Gasteiger partial charge in [-0.15, -0.1) is 0 Å². The summed E-state index contributed by atoms with van der Waals surface area (Å²) in [5, 5.41) is 0. The Balaban J connectivity index is 2.27. The molecule has 2 amide bonds. The van der Waals surface area contributed by atoms with Crippen molar-refractivity contribution >= 4 is 23.5 Å². The summed E-state index contributed by atoms with van der Waals surface area (Å²) in [5.74, 6) is -0.788. The lowest BCUT2D eigenvalue weighted by atomic mass is 10.1. The van der Waals surface area contributed by atoms with Gasteiger partial charge in [-0.1, -0.05) is 12.1 Å². The van der Waals surface area contributed by atoms with E-state index in [-0.39, 0.29) is 12.3 Å². The summed E-state index contributed by atoms with van der Waals surface area (Å²) in [6.07, 6.45) is -1.59. The highest BCUT2D eigenvalue weighted by Crippen LogP contribution is 2.22. The number of nitrogens with zero attached hydrogens (tertiary/aromatic N) is 1. The van der Waals surface area contributed by atoms with Gasteiger partial charge in [0, 0.05) is 11.3 Å². The first kappa shape index (κ1) is 12.1. The second kappa shape index (κ2) is 4.48. The van der Waals surface area contributed by atoms with Gasteiger partial charge >= 0.3 is 6.09 Å². The number of benzene rings is 1. The number of amides is 2. The van der Waals surface area contributed by atoms with Crippen molar-refractivity contribution in [3.8, 4) is 0 Å². The molecule has 0 radical (unpaired) electrons. The lowest BCUT2D eigenvalue weighted by Gasteiger charge is -2.13. The van der Waals surface area contributed by atoms with Gasteiger partial charge in [0.2, 0.25) is 0 Å². The smallest absolute Gasteiger partial charge is 0.415 e. The molecule has 1 heterocycles. The van der Waals surface area contributed by atoms with Crippen LogP contribution in [0.25, 0.3) is 0 Å². The number of hydrogen-bond acceptors (Lipinski definition) is 4. The number of Topliss-reactive ketones (excluding diaryl/α,β-unsaturated/α-hetero) is 1. The van der Waals surface area contributed by atoms with Gasteiger partial charge in [-0.25, -0.2) is 4.79 Å². The lowest BCUT2D eigenvalue weighted by Crippen LogP contribution is -2.32. The number of carbonyl (C=O) groups excluding carboxylic acids is 3. The zero-order valence-electron chi connectivity index (χ0n) is 9.75. The maximum Gasteiger partial charge on any atom is 0.415 e. The molecule has 0 aromatic heterocycles. The van der Waals surface area contributed by atoms with Crippen molar-refractivity contribution in [1.82, 2.24) is 0 Å². The molecule has 18 heavy (non-hydrogen) atoms. The maximum absolute atomic E-state index is 11.6. The van der Waals surface area contributed by atoms with Crippen LogP contribution in [0, 0.1) is 0 Å². The Morgan fingerprint density at radius 2 is 2.17 bits per heavy atom. The van der Waals surface area contributed by atoms with E-state index in [1.165, 1.54) is 11.8 Å². The van der Waals surface area contributed by atoms with Gasteiger partial charge in [-0.3, -0.25) is 14.5 Å². The van der Waals surface area contributed by atoms with Crippen LogP contribution >= 0.6 is 0 Å². The van der Waals surface area contributed by atoms with Crippen LogP contribution in [0.2, 0.25) is 0 Å². The zero-order valence-corrected chi connectivity index (χ0v) is 9.75. The Morgan fingerprint density at radius 3 is 2.72 bits per heavy atom. The van der Waals surface area contributed by atoms with E-state index in [0.717, 1.165) is 0 Å². The topological polar surface area (TPSA) is 89.7 Å². The predicted octanol–water partition coefficient (Wildman–Crippen LogP) is 0.700. The Labute approximate surface area is 103 Å². The van der Waals surface area contributed by atoms with E-state index in [2.05, 4.69) is 0 Å². The monoisotopic (exact) mass is 248 g/mol. The fourth-order valence-electron chi connectivity index (χ4n) is 1.71. The molecule has 1 fully saturated rings. The Bertz CT molecular complexity index is 527. The molecule has 6 nitrogen and oxygen atoms in total. The summed E-state index contributed by atoms with van der Waals surface area (Å²) >= 11 is 0. The molecule has 6 heteroatoms. The van der Waals surface area contributed by atoms with Crippen molar-refractivity contribution in [3.63, 3.8) is 0 Å². The fraction of sp³-hybridized carbons (Fsp3) is 0.250. The summed E-state index contributed by atoms with van der Waals surface area (Å²) in [6, 6.07) is 6.56. The van der Waals surface area contributed by atoms with Crippen molar-refractivity contribution in [2.24, 2.45) is 5.73 Å². The van der Waals surface area contributed by atoms with Crippen LogP contribution in [0.4, 0.5) is 10.5 Å². The van der Waals surface area contributed by atoms with Crippen LogP contribution < -0.4 is 10.6 Å². The average molecular weight is 248 g/mol. The van der Waals surface area contributed by atoms with E-state index in [1.807, 2.05) is 0 Å². The largest absolute Gasteiger partial charge is 0.434 e. The molecule has 94 valence electrons. The number of cyclic esters (lactones) is 1. The van der Waals surface area contributed by atoms with Gasteiger partial charge < -0.3 is 10.5 Å². The molecule has 1 aromatic carbocycles. The van der Waals surface area contributed by atoms with E-state index in [0.29, 0.717) is 11.3 Å². The van der Waals surface area contributed by atoms with Gasteiger partial charge in [-0.2, -0.15) is 0 Å². The maximum atomic E-state index is 11.6. The van der Waals surface area contributed by atoms with Crippen molar-refractivity contribution in [2.75, 3.05) is 11.4 Å². The molecule has 2 N–H and O–H groups in total. The summed E-state index contributed by atoms with van der Waals surface area (Å²) in [4.78, 5) is 35.1. The lowest BCUT2D eigenvalue weighted by molar-refractivity contribution is -0.124. The summed E-state index contributed by atoms with van der Waals surface area (Å²) in [6.45, 7) is 1.50. The van der Waals surface area contributed by atoms with E-state index in [4.69, 9.17) is 10.5 Å².